The monoisotopic (exact) mass is 389 g/mol. The first kappa shape index (κ1) is 17.7. The number of carbonyl (C=O) groups is 1. The van der Waals surface area contributed by atoms with Crippen LogP contribution in [0.15, 0.2) is 59.7 Å². The highest BCUT2D eigenvalue weighted by atomic mass is 19.1. The van der Waals surface area contributed by atoms with E-state index in [2.05, 4.69) is 16.0 Å². The number of aliphatic imine (C=N–C) groups is 1. The summed E-state index contributed by atoms with van der Waals surface area (Å²) in [6.45, 7) is 3.08. The van der Waals surface area contributed by atoms with Gasteiger partial charge in [-0.15, -0.1) is 0 Å². The van der Waals surface area contributed by atoms with Crippen LogP contribution in [0.4, 0.5) is 4.39 Å². The minimum atomic E-state index is -0.363. The van der Waals surface area contributed by atoms with Crippen molar-refractivity contribution in [1.82, 2.24) is 9.88 Å². The highest BCUT2D eigenvalue weighted by Gasteiger charge is 2.29. The summed E-state index contributed by atoms with van der Waals surface area (Å²) in [5.41, 5.74) is 4.35. The van der Waals surface area contributed by atoms with Crippen LogP contribution < -0.4 is 0 Å². The third-order valence-corrected chi connectivity index (χ3v) is 5.36. The standard InChI is InChI=1S/C23H20FN3O2/c1-14-12-25-22(29-14)19-13-27(23(28)15-6-8-16(24)9-7-15)11-10-18-17-4-2-3-5-20(17)26-21(18)19/h2-9,13-14,26H,10-12H2,1H3. The molecule has 2 aliphatic heterocycles. The number of nitrogens with zero attached hydrogens (tertiary/aromatic N) is 2. The number of hydrogen-bond donors (Lipinski definition) is 1. The molecular formula is C23H20FN3O2. The average molecular weight is 389 g/mol. The number of aromatic nitrogens is 1. The fourth-order valence-electron chi connectivity index (χ4n) is 3.91. The summed E-state index contributed by atoms with van der Waals surface area (Å²) < 4.78 is 19.2. The van der Waals surface area contributed by atoms with Gasteiger partial charge in [0.15, 0.2) is 0 Å². The summed E-state index contributed by atoms with van der Waals surface area (Å²) in [5, 5.41) is 1.14. The molecule has 146 valence electrons. The Hall–Kier alpha value is -3.41. The third-order valence-electron chi connectivity index (χ3n) is 5.36. The molecule has 0 saturated carbocycles. The number of ether oxygens (including phenoxy) is 1. The maximum atomic E-state index is 13.3. The van der Waals surface area contributed by atoms with Gasteiger partial charge in [0.2, 0.25) is 5.90 Å². The molecule has 2 aromatic carbocycles. The van der Waals surface area contributed by atoms with E-state index in [1.807, 2.05) is 31.3 Å². The number of amides is 1. The number of H-pyrrole nitrogens is 1. The van der Waals surface area contributed by atoms with Crippen molar-refractivity contribution >= 4 is 28.3 Å². The van der Waals surface area contributed by atoms with Crippen molar-refractivity contribution < 1.29 is 13.9 Å². The molecule has 1 N–H and O–H groups in total. The molecule has 3 aromatic rings. The maximum Gasteiger partial charge on any atom is 0.257 e. The molecule has 29 heavy (non-hydrogen) atoms. The molecule has 0 bridgehead atoms. The number of hydrogen-bond acceptors (Lipinski definition) is 3. The Bertz CT molecular complexity index is 1160. The minimum absolute atomic E-state index is 0.00299. The van der Waals surface area contributed by atoms with Crippen molar-refractivity contribution in [3.05, 3.63) is 77.4 Å². The molecule has 1 atom stereocenters. The molecule has 1 amide bonds. The smallest absolute Gasteiger partial charge is 0.257 e. The first-order valence-corrected chi connectivity index (χ1v) is 9.70. The maximum absolute atomic E-state index is 13.3. The van der Waals surface area contributed by atoms with E-state index in [0.717, 1.165) is 27.7 Å². The number of halogens is 1. The van der Waals surface area contributed by atoms with Crippen LogP contribution in [0, 0.1) is 5.82 Å². The lowest BCUT2D eigenvalue weighted by molar-refractivity contribution is 0.0825. The zero-order chi connectivity index (χ0) is 20.0. The quantitative estimate of drug-likeness (QED) is 0.715. The van der Waals surface area contributed by atoms with Gasteiger partial charge in [-0.3, -0.25) is 4.79 Å². The van der Waals surface area contributed by atoms with Gasteiger partial charge in [0.25, 0.3) is 5.91 Å². The van der Waals surface area contributed by atoms with Crippen LogP contribution in [0.5, 0.6) is 0 Å². The lowest BCUT2D eigenvalue weighted by Gasteiger charge is -2.18. The van der Waals surface area contributed by atoms with E-state index in [4.69, 9.17) is 4.74 Å². The molecule has 1 unspecified atom stereocenters. The first-order chi connectivity index (χ1) is 14.1. The van der Waals surface area contributed by atoms with Crippen LogP contribution in [-0.4, -0.2) is 40.9 Å². The summed E-state index contributed by atoms with van der Waals surface area (Å²) in [4.78, 5) is 22.8. The molecule has 5 rings (SSSR count). The van der Waals surface area contributed by atoms with E-state index in [1.54, 1.807) is 4.90 Å². The van der Waals surface area contributed by atoms with E-state index in [-0.39, 0.29) is 17.8 Å². The fourth-order valence-corrected chi connectivity index (χ4v) is 3.91. The molecule has 1 aromatic heterocycles. The Labute approximate surface area is 167 Å². The second kappa shape index (κ2) is 6.88. The highest BCUT2D eigenvalue weighted by molar-refractivity contribution is 6.21. The fraction of sp³-hybridized carbons (Fsp3) is 0.217. The van der Waals surface area contributed by atoms with E-state index >= 15 is 0 Å². The SMILES string of the molecule is CC1CN=C(C2=CN(C(=O)c3ccc(F)cc3)CCc3c2[nH]c2ccccc32)O1. The van der Waals surface area contributed by atoms with Crippen molar-refractivity contribution in [3.63, 3.8) is 0 Å². The number of benzene rings is 2. The summed E-state index contributed by atoms with van der Waals surface area (Å²) in [5.74, 6) is 0.00510. The first-order valence-electron chi connectivity index (χ1n) is 9.70. The van der Waals surface area contributed by atoms with E-state index < -0.39 is 0 Å². The van der Waals surface area contributed by atoms with Crippen LogP contribution >= 0.6 is 0 Å². The van der Waals surface area contributed by atoms with Gasteiger partial charge in [0.1, 0.15) is 11.9 Å². The molecule has 3 heterocycles. The number of fused-ring (bicyclic) bond motifs is 3. The van der Waals surface area contributed by atoms with Crippen molar-refractivity contribution in [3.8, 4) is 0 Å². The van der Waals surface area contributed by atoms with Crippen molar-refractivity contribution in [2.75, 3.05) is 13.1 Å². The molecule has 0 fully saturated rings. The van der Waals surface area contributed by atoms with Crippen molar-refractivity contribution in [1.29, 1.82) is 0 Å². The van der Waals surface area contributed by atoms with E-state index in [9.17, 15) is 9.18 Å². The normalized spacial score (nSPS) is 18.7. The second-order valence-corrected chi connectivity index (χ2v) is 7.40. The summed E-state index contributed by atoms with van der Waals surface area (Å²) in [6, 6.07) is 13.8. The van der Waals surface area contributed by atoms with Crippen LogP contribution in [0.25, 0.3) is 16.5 Å². The molecule has 0 aliphatic carbocycles. The molecule has 0 spiro atoms. The Morgan fingerprint density at radius 1 is 1.21 bits per heavy atom. The van der Waals surface area contributed by atoms with Gasteiger partial charge in [0, 0.05) is 29.2 Å². The van der Waals surface area contributed by atoms with Gasteiger partial charge < -0.3 is 14.6 Å². The molecule has 2 aliphatic rings. The Kier molecular flexibility index (Phi) is 4.19. The predicted molar refractivity (Wildman–Crippen MR) is 110 cm³/mol. The summed E-state index contributed by atoms with van der Waals surface area (Å²) in [7, 11) is 0. The molecule has 5 nitrogen and oxygen atoms in total. The van der Waals surface area contributed by atoms with Gasteiger partial charge in [-0.2, -0.15) is 0 Å². The van der Waals surface area contributed by atoms with Gasteiger partial charge in [-0.1, -0.05) is 18.2 Å². The lowest BCUT2D eigenvalue weighted by atomic mass is 10.0. The van der Waals surface area contributed by atoms with Crippen LogP contribution in [0.1, 0.15) is 28.5 Å². The summed E-state index contributed by atoms with van der Waals surface area (Å²) in [6.07, 6.45) is 2.50. The average Bonchev–Trinajstić information content (AvgIpc) is 3.27. The predicted octanol–water partition coefficient (Wildman–Crippen LogP) is 4.16. The van der Waals surface area contributed by atoms with Gasteiger partial charge in [0.05, 0.1) is 17.8 Å². The van der Waals surface area contributed by atoms with Crippen LogP contribution in [0.2, 0.25) is 0 Å². The number of nitrogens with one attached hydrogen (secondary N) is 1. The van der Waals surface area contributed by atoms with Crippen LogP contribution in [-0.2, 0) is 11.2 Å². The van der Waals surface area contributed by atoms with E-state index in [1.165, 1.54) is 24.3 Å². The Balaban J connectivity index is 1.61. The van der Waals surface area contributed by atoms with Gasteiger partial charge >= 0.3 is 0 Å². The molecular weight excluding hydrogens is 369 g/mol. The number of para-hydroxylation sites is 1. The van der Waals surface area contributed by atoms with Crippen molar-refractivity contribution in [2.45, 2.75) is 19.4 Å². The molecule has 0 saturated heterocycles. The van der Waals surface area contributed by atoms with Gasteiger partial charge in [-0.05, 0) is 49.2 Å². The lowest BCUT2D eigenvalue weighted by Crippen LogP contribution is -2.28. The Morgan fingerprint density at radius 3 is 2.76 bits per heavy atom. The number of carbonyl (C=O) groups excluding carboxylic acids is 1. The zero-order valence-corrected chi connectivity index (χ0v) is 16.0. The zero-order valence-electron chi connectivity index (χ0n) is 16.0. The van der Waals surface area contributed by atoms with E-state index in [0.29, 0.717) is 31.0 Å². The minimum Gasteiger partial charge on any atom is -0.472 e. The molecule has 6 heteroatoms. The van der Waals surface area contributed by atoms with Gasteiger partial charge in [-0.25, -0.2) is 9.38 Å². The number of rotatable bonds is 2. The topological polar surface area (TPSA) is 57.7 Å². The third kappa shape index (κ3) is 3.10. The molecule has 0 radical (unpaired) electrons. The highest BCUT2D eigenvalue weighted by Crippen LogP contribution is 2.33. The largest absolute Gasteiger partial charge is 0.472 e. The van der Waals surface area contributed by atoms with Crippen LogP contribution in [0.3, 0.4) is 0 Å². The second-order valence-electron chi connectivity index (χ2n) is 7.40. The summed E-state index contributed by atoms with van der Waals surface area (Å²) >= 11 is 0. The number of aromatic amines is 1. The van der Waals surface area contributed by atoms with Crippen molar-refractivity contribution in [2.24, 2.45) is 4.99 Å². The Morgan fingerprint density at radius 2 is 2.00 bits per heavy atom.